The Bertz CT molecular complexity index is 1250. The topological polar surface area (TPSA) is 81.8 Å². The summed E-state index contributed by atoms with van der Waals surface area (Å²) < 4.78 is 31.5. The molecule has 0 saturated carbocycles. The molecular formula is C26H22FNO5. The predicted molar refractivity (Wildman–Crippen MR) is 121 cm³/mol. The van der Waals surface area contributed by atoms with Gasteiger partial charge in [-0.05, 0) is 47.9 Å². The van der Waals surface area contributed by atoms with Crippen LogP contribution in [0.15, 0.2) is 77.3 Å². The molecule has 0 unspecified atom stereocenters. The number of carboxylic acids is 1. The molecule has 0 atom stereocenters. The Balaban J connectivity index is 1.66. The Morgan fingerprint density at radius 1 is 1.03 bits per heavy atom. The number of ether oxygens (including phenoxy) is 2. The minimum Gasteiger partial charge on any atom is -0.497 e. The molecule has 33 heavy (non-hydrogen) atoms. The highest BCUT2D eigenvalue weighted by Crippen LogP contribution is 2.38. The van der Waals surface area contributed by atoms with E-state index in [1.165, 1.54) is 13.2 Å². The van der Waals surface area contributed by atoms with Gasteiger partial charge in [0.25, 0.3) is 0 Å². The first-order chi connectivity index (χ1) is 16.0. The Morgan fingerprint density at radius 3 is 2.61 bits per heavy atom. The first-order valence-corrected chi connectivity index (χ1v) is 10.4. The zero-order valence-corrected chi connectivity index (χ0v) is 18.0. The van der Waals surface area contributed by atoms with Crippen LogP contribution in [0.3, 0.4) is 0 Å². The second-order valence-electron chi connectivity index (χ2n) is 7.38. The van der Waals surface area contributed by atoms with Crippen LogP contribution in [-0.2, 0) is 17.8 Å². The molecule has 0 saturated heterocycles. The number of hydrogen-bond acceptors (Lipinski definition) is 5. The predicted octanol–water partition coefficient (Wildman–Crippen LogP) is 5.75. The average molecular weight is 447 g/mol. The molecule has 1 N–H and O–H groups in total. The molecule has 0 aliphatic rings. The first kappa shape index (κ1) is 22.1. The van der Waals surface area contributed by atoms with Crippen LogP contribution in [0.1, 0.15) is 17.7 Å². The highest BCUT2D eigenvalue weighted by molar-refractivity contribution is 5.82. The van der Waals surface area contributed by atoms with Crippen LogP contribution in [0.2, 0.25) is 0 Å². The number of carboxylic acid groups (broad SMARTS) is 1. The summed E-state index contributed by atoms with van der Waals surface area (Å²) in [5.74, 6) is 0.0506. The van der Waals surface area contributed by atoms with Crippen LogP contribution in [0.5, 0.6) is 11.5 Å². The van der Waals surface area contributed by atoms with E-state index >= 15 is 0 Å². The van der Waals surface area contributed by atoms with E-state index in [9.17, 15) is 9.18 Å². The van der Waals surface area contributed by atoms with Gasteiger partial charge >= 0.3 is 5.97 Å². The van der Waals surface area contributed by atoms with Crippen LogP contribution in [-0.4, -0.2) is 23.3 Å². The van der Waals surface area contributed by atoms with E-state index in [1.807, 2.05) is 42.5 Å². The summed E-state index contributed by atoms with van der Waals surface area (Å²) in [6, 6.07) is 21.1. The maximum absolute atomic E-state index is 14.7. The van der Waals surface area contributed by atoms with Crippen molar-refractivity contribution in [3.63, 3.8) is 0 Å². The van der Waals surface area contributed by atoms with Gasteiger partial charge in [0.1, 0.15) is 29.6 Å². The Kier molecular flexibility index (Phi) is 6.69. The van der Waals surface area contributed by atoms with Crippen LogP contribution in [0.4, 0.5) is 4.39 Å². The molecule has 0 aliphatic carbocycles. The van der Waals surface area contributed by atoms with E-state index in [0.29, 0.717) is 29.2 Å². The van der Waals surface area contributed by atoms with Gasteiger partial charge in [-0.25, -0.2) is 4.39 Å². The van der Waals surface area contributed by atoms with Gasteiger partial charge in [-0.1, -0.05) is 47.6 Å². The Morgan fingerprint density at radius 2 is 1.85 bits per heavy atom. The zero-order valence-electron chi connectivity index (χ0n) is 18.0. The lowest BCUT2D eigenvalue weighted by Crippen LogP contribution is -2.00. The summed E-state index contributed by atoms with van der Waals surface area (Å²) >= 11 is 0. The summed E-state index contributed by atoms with van der Waals surface area (Å²) in [4.78, 5) is 10.8. The molecule has 0 bridgehead atoms. The van der Waals surface area contributed by atoms with Crippen molar-refractivity contribution < 1.29 is 28.3 Å². The van der Waals surface area contributed by atoms with Crippen LogP contribution in [0.25, 0.3) is 22.5 Å². The van der Waals surface area contributed by atoms with Crippen molar-refractivity contribution in [2.45, 2.75) is 19.4 Å². The van der Waals surface area contributed by atoms with Crippen molar-refractivity contribution in [3.8, 4) is 33.9 Å². The molecule has 168 valence electrons. The van der Waals surface area contributed by atoms with Crippen molar-refractivity contribution in [2.24, 2.45) is 0 Å². The SMILES string of the molecule is COc1ccc(F)c(-c2onc(COc3cccc(CCC(=O)O)c3)c2-c2ccccc2)c1. The molecule has 1 aromatic heterocycles. The average Bonchev–Trinajstić information content (AvgIpc) is 3.26. The molecule has 7 heteroatoms. The van der Waals surface area contributed by atoms with Gasteiger partial charge in [-0.2, -0.15) is 0 Å². The molecular weight excluding hydrogens is 425 g/mol. The summed E-state index contributed by atoms with van der Waals surface area (Å²) in [6.07, 6.45) is 0.450. The molecule has 1 heterocycles. The van der Waals surface area contributed by atoms with Gasteiger partial charge in [0.15, 0.2) is 5.76 Å². The van der Waals surface area contributed by atoms with E-state index in [4.69, 9.17) is 19.1 Å². The van der Waals surface area contributed by atoms with E-state index in [2.05, 4.69) is 5.16 Å². The van der Waals surface area contributed by atoms with E-state index in [-0.39, 0.29) is 24.4 Å². The normalized spacial score (nSPS) is 10.7. The maximum atomic E-state index is 14.7. The fourth-order valence-corrected chi connectivity index (χ4v) is 3.51. The molecule has 0 amide bonds. The number of benzene rings is 3. The number of halogens is 1. The number of carbonyl (C=O) groups is 1. The molecule has 0 aliphatic heterocycles. The summed E-state index contributed by atoms with van der Waals surface area (Å²) in [5.41, 5.74) is 3.05. The van der Waals surface area contributed by atoms with Crippen molar-refractivity contribution in [1.29, 1.82) is 0 Å². The number of aromatic nitrogens is 1. The van der Waals surface area contributed by atoms with Gasteiger partial charge in [0.2, 0.25) is 0 Å². The number of aryl methyl sites for hydroxylation is 1. The highest BCUT2D eigenvalue weighted by Gasteiger charge is 2.23. The standard InChI is InChI=1S/C26H22FNO5/c1-31-19-11-12-22(27)21(15-19)26-25(18-7-3-2-4-8-18)23(28-33-26)16-32-20-9-5-6-17(14-20)10-13-24(29)30/h2-9,11-12,14-15H,10,13,16H2,1H3,(H,29,30). The maximum Gasteiger partial charge on any atom is 0.303 e. The smallest absolute Gasteiger partial charge is 0.303 e. The van der Waals surface area contributed by atoms with Gasteiger partial charge in [-0.3, -0.25) is 4.79 Å². The lowest BCUT2D eigenvalue weighted by Gasteiger charge is -2.09. The number of rotatable bonds is 9. The molecule has 6 nitrogen and oxygen atoms in total. The third kappa shape index (κ3) is 5.20. The summed E-state index contributed by atoms with van der Waals surface area (Å²) in [6.45, 7) is 0.0850. The summed E-state index contributed by atoms with van der Waals surface area (Å²) in [5, 5.41) is 13.1. The van der Waals surface area contributed by atoms with Crippen molar-refractivity contribution in [3.05, 3.63) is 89.9 Å². The van der Waals surface area contributed by atoms with Gasteiger partial charge < -0.3 is 19.1 Å². The van der Waals surface area contributed by atoms with E-state index in [1.54, 1.807) is 24.3 Å². The van der Waals surface area contributed by atoms with Crippen molar-refractivity contribution >= 4 is 5.97 Å². The quantitative estimate of drug-likeness (QED) is 0.352. The van der Waals surface area contributed by atoms with Gasteiger partial charge in [-0.15, -0.1) is 0 Å². The fourth-order valence-electron chi connectivity index (χ4n) is 3.51. The second-order valence-corrected chi connectivity index (χ2v) is 7.38. The molecule has 4 rings (SSSR count). The minimum absolute atomic E-state index is 0.0420. The molecule has 0 spiro atoms. The Labute approximate surface area is 190 Å². The monoisotopic (exact) mass is 447 g/mol. The molecule has 4 aromatic rings. The highest BCUT2D eigenvalue weighted by atomic mass is 19.1. The lowest BCUT2D eigenvalue weighted by atomic mass is 9.99. The van der Waals surface area contributed by atoms with Crippen molar-refractivity contribution in [2.75, 3.05) is 7.11 Å². The number of hydrogen-bond donors (Lipinski definition) is 1. The van der Waals surface area contributed by atoms with Crippen LogP contribution in [0, 0.1) is 5.82 Å². The number of methoxy groups -OCH3 is 1. The molecule has 0 fully saturated rings. The molecule has 3 aromatic carbocycles. The minimum atomic E-state index is -0.853. The largest absolute Gasteiger partial charge is 0.497 e. The van der Waals surface area contributed by atoms with E-state index < -0.39 is 11.8 Å². The first-order valence-electron chi connectivity index (χ1n) is 10.4. The van der Waals surface area contributed by atoms with E-state index in [0.717, 1.165) is 11.1 Å². The number of aliphatic carboxylic acids is 1. The third-order valence-corrected chi connectivity index (χ3v) is 5.14. The second kappa shape index (κ2) is 9.99. The lowest BCUT2D eigenvalue weighted by molar-refractivity contribution is -0.136. The summed E-state index contributed by atoms with van der Waals surface area (Å²) in [7, 11) is 1.51. The fraction of sp³-hybridized carbons (Fsp3) is 0.154. The number of nitrogens with zero attached hydrogens (tertiary/aromatic N) is 1. The molecule has 0 radical (unpaired) electrons. The Hall–Kier alpha value is -4.13. The van der Waals surface area contributed by atoms with Crippen LogP contribution < -0.4 is 9.47 Å². The van der Waals surface area contributed by atoms with Gasteiger partial charge in [0.05, 0.1) is 18.2 Å². The third-order valence-electron chi connectivity index (χ3n) is 5.14. The van der Waals surface area contributed by atoms with Gasteiger partial charge in [0, 0.05) is 6.42 Å². The zero-order chi connectivity index (χ0) is 23.2. The van der Waals surface area contributed by atoms with Crippen molar-refractivity contribution in [1.82, 2.24) is 5.16 Å². The van der Waals surface area contributed by atoms with Crippen LogP contribution >= 0.6 is 0 Å².